The predicted octanol–water partition coefficient (Wildman–Crippen LogP) is 2.80. The minimum absolute atomic E-state index is 0.655. The highest BCUT2D eigenvalue weighted by Crippen LogP contribution is 2.21. The van der Waals surface area contributed by atoms with Crippen molar-refractivity contribution in [2.75, 3.05) is 12.3 Å². The number of rotatable bonds is 4. The first-order valence-corrected chi connectivity index (χ1v) is 5.15. The minimum atomic E-state index is 0.655. The molecule has 0 aliphatic rings. The molecule has 2 N–H and O–H groups in total. The van der Waals surface area contributed by atoms with Crippen molar-refractivity contribution in [2.45, 2.75) is 20.3 Å². The highest BCUT2D eigenvalue weighted by atomic mass is 32.1. The van der Waals surface area contributed by atoms with Gasteiger partial charge in [0.05, 0.1) is 6.61 Å². The van der Waals surface area contributed by atoms with Gasteiger partial charge in [0, 0.05) is 16.1 Å². The first-order chi connectivity index (χ1) is 6.69. The second-order valence-electron chi connectivity index (χ2n) is 2.96. The molecule has 0 saturated carbocycles. The Labute approximate surface area is 90.1 Å². The molecular formula is C11H15NOS. The monoisotopic (exact) mass is 209 g/mol. The minimum Gasteiger partial charge on any atom is -0.494 e. The maximum Gasteiger partial charge on any atom is 0.120 e. The standard InChI is InChI=1S/C11H15NOS/c1-3-11(14)9-7-8(13-4-2)5-6-10(9)12/h5-7H,3-4,12H2,1-2H3. The van der Waals surface area contributed by atoms with Crippen LogP contribution in [0.1, 0.15) is 25.8 Å². The third kappa shape index (κ3) is 2.45. The van der Waals surface area contributed by atoms with Gasteiger partial charge in [0.2, 0.25) is 0 Å². The van der Waals surface area contributed by atoms with Crippen molar-refractivity contribution in [3.63, 3.8) is 0 Å². The molecule has 1 aromatic carbocycles. The van der Waals surface area contributed by atoms with Crippen molar-refractivity contribution in [3.8, 4) is 5.75 Å². The van der Waals surface area contributed by atoms with E-state index in [0.717, 1.165) is 28.3 Å². The van der Waals surface area contributed by atoms with E-state index in [1.54, 1.807) is 0 Å². The van der Waals surface area contributed by atoms with E-state index in [1.165, 1.54) is 0 Å². The van der Waals surface area contributed by atoms with Gasteiger partial charge in [0.1, 0.15) is 5.75 Å². The van der Waals surface area contributed by atoms with Crippen molar-refractivity contribution < 1.29 is 4.74 Å². The van der Waals surface area contributed by atoms with Crippen LogP contribution in [0, 0.1) is 0 Å². The Balaban J connectivity index is 3.01. The molecule has 0 fully saturated rings. The van der Waals surface area contributed by atoms with E-state index in [2.05, 4.69) is 0 Å². The first-order valence-electron chi connectivity index (χ1n) is 4.74. The van der Waals surface area contributed by atoms with Crippen molar-refractivity contribution in [3.05, 3.63) is 23.8 Å². The Morgan fingerprint density at radius 3 is 2.71 bits per heavy atom. The number of anilines is 1. The molecule has 76 valence electrons. The van der Waals surface area contributed by atoms with Crippen molar-refractivity contribution >= 4 is 22.8 Å². The summed E-state index contributed by atoms with van der Waals surface area (Å²) in [5.41, 5.74) is 7.47. The van der Waals surface area contributed by atoms with E-state index in [-0.39, 0.29) is 0 Å². The summed E-state index contributed by atoms with van der Waals surface area (Å²) in [6.45, 7) is 4.63. The fourth-order valence-electron chi connectivity index (χ4n) is 1.22. The van der Waals surface area contributed by atoms with Gasteiger partial charge in [0.25, 0.3) is 0 Å². The quantitative estimate of drug-likeness (QED) is 0.470. The molecule has 0 spiro atoms. The van der Waals surface area contributed by atoms with Crippen LogP contribution in [0.25, 0.3) is 0 Å². The summed E-state index contributed by atoms with van der Waals surface area (Å²) in [7, 11) is 0. The summed E-state index contributed by atoms with van der Waals surface area (Å²) in [5.74, 6) is 0.826. The molecule has 0 amide bonds. The van der Waals surface area contributed by atoms with Crippen molar-refractivity contribution in [2.24, 2.45) is 0 Å². The van der Waals surface area contributed by atoms with E-state index in [0.29, 0.717) is 6.61 Å². The maximum absolute atomic E-state index is 5.82. The van der Waals surface area contributed by atoms with Crippen molar-refractivity contribution in [1.29, 1.82) is 0 Å². The molecule has 0 unspecified atom stereocenters. The topological polar surface area (TPSA) is 35.2 Å². The zero-order valence-electron chi connectivity index (χ0n) is 8.54. The summed E-state index contributed by atoms with van der Waals surface area (Å²) in [6, 6.07) is 5.60. The van der Waals surface area contributed by atoms with Crippen LogP contribution in [0.15, 0.2) is 18.2 Å². The number of nitrogen functional groups attached to an aromatic ring is 1. The molecular weight excluding hydrogens is 194 g/mol. The van der Waals surface area contributed by atoms with Crippen LogP contribution in [0.2, 0.25) is 0 Å². The second kappa shape index (κ2) is 4.96. The van der Waals surface area contributed by atoms with Gasteiger partial charge >= 0.3 is 0 Å². The molecule has 0 aliphatic heterocycles. The van der Waals surface area contributed by atoms with Gasteiger partial charge < -0.3 is 10.5 Å². The summed E-state index contributed by atoms with van der Waals surface area (Å²) in [6.07, 6.45) is 0.828. The van der Waals surface area contributed by atoms with E-state index in [1.807, 2.05) is 32.0 Å². The first kappa shape index (κ1) is 11.0. The summed E-state index contributed by atoms with van der Waals surface area (Å²) >= 11 is 5.22. The van der Waals surface area contributed by atoms with E-state index >= 15 is 0 Å². The normalized spacial score (nSPS) is 9.86. The number of thiocarbonyl (C=S) groups is 1. The fourth-order valence-corrected chi connectivity index (χ4v) is 1.40. The lowest BCUT2D eigenvalue weighted by molar-refractivity contribution is 0.340. The highest BCUT2D eigenvalue weighted by molar-refractivity contribution is 7.80. The Morgan fingerprint density at radius 1 is 1.43 bits per heavy atom. The molecule has 2 nitrogen and oxygen atoms in total. The Morgan fingerprint density at radius 2 is 2.14 bits per heavy atom. The molecule has 0 heterocycles. The van der Waals surface area contributed by atoms with E-state index < -0.39 is 0 Å². The third-order valence-electron chi connectivity index (χ3n) is 1.96. The molecule has 0 aliphatic carbocycles. The van der Waals surface area contributed by atoms with Crippen LogP contribution in [0.5, 0.6) is 5.75 Å². The smallest absolute Gasteiger partial charge is 0.120 e. The molecule has 1 aromatic rings. The van der Waals surface area contributed by atoms with Crippen molar-refractivity contribution in [1.82, 2.24) is 0 Å². The summed E-state index contributed by atoms with van der Waals surface area (Å²) < 4.78 is 5.38. The molecule has 0 atom stereocenters. The average molecular weight is 209 g/mol. The lowest BCUT2D eigenvalue weighted by Crippen LogP contribution is -2.02. The molecule has 1 rings (SSSR count). The number of nitrogens with two attached hydrogens (primary N) is 1. The zero-order valence-corrected chi connectivity index (χ0v) is 9.36. The number of benzene rings is 1. The largest absolute Gasteiger partial charge is 0.494 e. The van der Waals surface area contributed by atoms with Crippen LogP contribution < -0.4 is 10.5 Å². The van der Waals surface area contributed by atoms with E-state index in [4.69, 9.17) is 22.7 Å². The number of ether oxygens (including phenoxy) is 1. The maximum atomic E-state index is 5.82. The van der Waals surface area contributed by atoms with Crippen LogP contribution in [-0.2, 0) is 0 Å². The SMILES string of the molecule is CCOc1ccc(N)c(C(=S)CC)c1. The molecule has 0 saturated heterocycles. The van der Waals surface area contributed by atoms with Gasteiger partial charge in [-0.3, -0.25) is 0 Å². The molecule has 0 aromatic heterocycles. The van der Waals surface area contributed by atoms with Gasteiger partial charge in [-0.2, -0.15) is 0 Å². The van der Waals surface area contributed by atoms with Crippen LogP contribution in [-0.4, -0.2) is 11.5 Å². The van der Waals surface area contributed by atoms with Gasteiger partial charge in [-0.1, -0.05) is 19.1 Å². The van der Waals surface area contributed by atoms with Gasteiger partial charge in [-0.25, -0.2) is 0 Å². The average Bonchev–Trinajstić information content (AvgIpc) is 2.20. The number of hydrogen-bond acceptors (Lipinski definition) is 3. The summed E-state index contributed by atoms with van der Waals surface area (Å²) in [4.78, 5) is 0.879. The van der Waals surface area contributed by atoms with Crippen LogP contribution in [0.4, 0.5) is 5.69 Å². The zero-order chi connectivity index (χ0) is 10.6. The van der Waals surface area contributed by atoms with Gasteiger partial charge in [0.15, 0.2) is 0 Å². The molecule has 0 radical (unpaired) electrons. The Kier molecular flexibility index (Phi) is 3.89. The lowest BCUT2D eigenvalue weighted by atomic mass is 10.1. The highest BCUT2D eigenvalue weighted by Gasteiger charge is 2.05. The summed E-state index contributed by atoms with van der Waals surface area (Å²) in [5, 5.41) is 0. The molecule has 3 heteroatoms. The second-order valence-corrected chi connectivity index (χ2v) is 3.45. The Bertz CT molecular complexity index is 336. The van der Waals surface area contributed by atoms with E-state index in [9.17, 15) is 0 Å². The fraction of sp³-hybridized carbons (Fsp3) is 0.364. The predicted molar refractivity (Wildman–Crippen MR) is 64.0 cm³/mol. The van der Waals surface area contributed by atoms with Gasteiger partial charge in [-0.05, 0) is 31.5 Å². The lowest BCUT2D eigenvalue weighted by Gasteiger charge is -2.08. The third-order valence-corrected chi connectivity index (χ3v) is 2.47. The number of hydrogen-bond donors (Lipinski definition) is 1. The van der Waals surface area contributed by atoms with Crippen LogP contribution >= 0.6 is 12.2 Å². The van der Waals surface area contributed by atoms with Gasteiger partial charge in [-0.15, -0.1) is 0 Å². The Hall–Kier alpha value is -1.09. The van der Waals surface area contributed by atoms with Crippen LogP contribution in [0.3, 0.4) is 0 Å². The molecule has 14 heavy (non-hydrogen) atoms. The molecule has 0 bridgehead atoms.